The third-order valence-corrected chi connectivity index (χ3v) is 3.52. The number of rotatable bonds is 5. The van der Waals surface area contributed by atoms with Crippen molar-refractivity contribution in [3.8, 4) is 0 Å². The van der Waals surface area contributed by atoms with Gasteiger partial charge in [0.25, 0.3) is 0 Å². The molecule has 2 rings (SSSR count). The third-order valence-electron chi connectivity index (χ3n) is 3.52. The number of carbonyl (C=O) groups is 1. The Hall–Kier alpha value is -1.79. The zero-order chi connectivity index (χ0) is 15.4. The molecule has 1 aromatic rings. The lowest BCUT2D eigenvalue weighted by molar-refractivity contribution is -0.112. The van der Waals surface area contributed by atoms with E-state index < -0.39 is 0 Å². The average molecular weight is 292 g/mol. The van der Waals surface area contributed by atoms with E-state index in [-0.39, 0.29) is 23.8 Å². The van der Waals surface area contributed by atoms with Crippen molar-refractivity contribution in [1.29, 1.82) is 0 Å². The van der Waals surface area contributed by atoms with Crippen molar-refractivity contribution in [2.45, 2.75) is 32.6 Å². The van der Waals surface area contributed by atoms with Gasteiger partial charge < -0.3 is 9.47 Å². The Morgan fingerprint density at radius 2 is 2.38 bits per heavy atom. The van der Waals surface area contributed by atoms with Gasteiger partial charge in [0.05, 0.1) is 12.7 Å². The molecule has 1 unspecified atom stereocenters. The first-order chi connectivity index (χ1) is 10.0. The molecule has 0 saturated carbocycles. The van der Waals surface area contributed by atoms with Gasteiger partial charge in [0, 0.05) is 25.1 Å². The molecule has 0 aliphatic carbocycles. The highest BCUT2D eigenvalue weighted by Gasteiger charge is 2.33. The van der Waals surface area contributed by atoms with Gasteiger partial charge in [-0.05, 0) is 31.4 Å². The number of ketones is 1. The summed E-state index contributed by atoms with van der Waals surface area (Å²) in [4.78, 5) is 26.7. The largest absolute Gasteiger partial charge is 0.382 e. The van der Waals surface area contributed by atoms with Gasteiger partial charge in [-0.15, -0.1) is 0 Å². The molecule has 0 amide bonds. The van der Waals surface area contributed by atoms with Gasteiger partial charge in [0.2, 0.25) is 0 Å². The summed E-state index contributed by atoms with van der Waals surface area (Å²) in [6, 6.07) is 0. The van der Waals surface area contributed by atoms with E-state index in [1.54, 1.807) is 19.4 Å². The fourth-order valence-corrected chi connectivity index (χ4v) is 2.36. The van der Waals surface area contributed by atoms with Crippen LogP contribution in [0.2, 0.25) is 0 Å². The van der Waals surface area contributed by atoms with E-state index in [2.05, 4.69) is 11.9 Å². The Bertz CT molecular complexity index is 594. The van der Waals surface area contributed by atoms with Crippen LogP contribution in [0.4, 0.5) is 0 Å². The SMILES string of the molecule is COC[C@H]1O[C@@H](n2cc(/C=C/C(C)=O)cnc2=O)CC1C. The van der Waals surface area contributed by atoms with Gasteiger partial charge in [0.15, 0.2) is 5.78 Å². The second-order valence-corrected chi connectivity index (χ2v) is 5.32. The minimum absolute atomic E-state index is 0.0247. The molecule has 1 fully saturated rings. The van der Waals surface area contributed by atoms with Crippen LogP contribution >= 0.6 is 0 Å². The molecule has 1 aliphatic rings. The van der Waals surface area contributed by atoms with Crippen molar-refractivity contribution in [1.82, 2.24) is 9.55 Å². The maximum absolute atomic E-state index is 11.9. The molecule has 21 heavy (non-hydrogen) atoms. The fraction of sp³-hybridized carbons (Fsp3) is 0.533. The Balaban J connectivity index is 2.22. The van der Waals surface area contributed by atoms with Crippen molar-refractivity contribution in [3.05, 3.63) is 34.5 Å². The lowest BCUT2D eigenvalue weighted by Gasteiger charge is -2.16. The number of aromatic nitrogens is 2. The van der Waals surface area contributed by atoms with Crippen LogP contribution in [0.5, 0.6) is 0 Å². The highest BCUT2D eigenvalue weighted by molar-refractivity contribution is 5.91. The minimum atomic E-state index is -0.356. The predicted octanol–water partition coefficient (Wildman–Crippen LogP) is 1.42. The molecule has 6 nitrogen and oxygen atoms in total. The first-order valence-electron chi connectivity index (χ1n) is 6.92. The zero-order valence-electron chi connectivity index (χ0n) is 12.5. The number of nitrogens with zero attached hydrogens (tertiary/aromatic N) is 2. The summed E-state index contributed by atoms with van der Waals surface area (Å²) in [6.07, 6.45) is 6.56. The van der Waals surface area contributed by atoms with Crippen LogP contribution in [0.1, 0.15) is 32.1 Å². The summed E-state index contributed by atoms with van der Waals surface area (Å²) in [5, 5.41) is 0. The van der Waals surface area contributed by atoms with Crippen molar-refractivity contribution >= 4 is 11.9 Å². The van der Waals surface area contributed by atoms with Crippen molar-refractivity contribution in [2.24, 2.45) is 5.92 Å². The number of ether oxygens (including phenoxy) is 2. The average Bonchev–Trinajstić information content (AvgIpc) is 2.79. The van der Waals surface area contributed by atoms with Gasteiger partial charge in [-0.1, -0.05) is 6.92 Å². The maximum atomic E-state index is 11.9. The van der Waals surface area contributed by atoms with Crippen LogP contribution in [-0.4, -0.2) is 35.2 Å². The van der Waals surface area contributed by atoms with E-state index in [0.717, 1.165) is 6.42 Å². The summed E-state index contributed by atoms with van der Waals surface area (Å²) in [6.45, 7) is 4.04. The molecule has 1 aromatic heterocycles. The van der Waals surface area contributed by atoms with Crippen molar-refractivity contribution in [2.75, 3.05) is 13.7 Å². The van der Waals surface area contributed by atoms with E-state index in [1.165, 1.54) is 23.8 Å². The van der Waals surface area contributed by atoms with E-state index in [9.17, 15) is 9.59 Å². The van der Waals surface area contributed by atoms with Gasteiger partial charge in [-0.2, -0.15) is 0 Å². The monoisotopic (exact) mass is 292 g/mol. The maximum Gasteiger partial charge on any atom is 0.349 e. The Morgan fingerprint density at radius 3 is 3.05 bits per heavy atom. The lowest BCUT2D eigenvalue weighted by Crippen LogP contribution is -2.27. The second kappa shape index (κ2) is 6.78. The smallest absolute Gasteiger partial charge is 0.349 e. The summed E-state index contributed by atoms with van der Waals surface area (Å²) < 4.78 is 12.5. The van der Waals surface area contributed by atoms with E-state index in [0.29, 0.717) is 18.1 Å². The Kier molecular flexibility index (Phi) is 5.03. The van der Waals surface area contributed by atoms with E-state index in [1.807, 2.05) is 0 Å². The normalized spacial score (nSPS) is 25.6. The minimum Gasteiger partial charge on any atom is -0.382 e. The predicted molar refractivity (Wildman–Crippen MR) is 77.8 cm³/mol. The van der Waals surface area contributed by atoms with Crippen LogP contribution in [0.15, 0.2) is 23.3 Å². The highest BCUT2D eigenvalue weighted by atomic mass is 16.5. The Morgan fingerprint density at radius 1 is 1.62 bits per heavy atom. The van der Waals surface area contributed by atoms with E-state index in [4.69, 9.17) is 9.47 Å². The number of methoxy groups -OCH3 is 1. The summed E-state index contributed by atoms with van der Waals surface area (Å²) >= 11 is 0. The lowest BCUT2D eigenvalue weighted by atomic mass is 10.0. The summed E-state index contributed by atoms with van der Waals surface area (Å²) in [7, 11) is 1.63. The molecular formula is C15H20N2O4. The molecule has 0 aromatic carbocycles. The molecule has 6 heteroatoms. The number of hydrogen-bond acceptors (Lipinski definition) is 5. The zero-order valence-corrected chi connectivity index (χ0v) is 12.5. The molecule has 3 atom stereocenters. The van der Waals surface area contributed by atoms with Gasteiger partial charge in [-0.25, -0.2) is 9.78 Å². The standard InChI is InChI=1S/C15H20N2O4/c1-10-6-14(21-13(10)9-20-3)17-8-12(5-4-11(2)18)7-16-15(17)19/h4-5,7-8,10,13-14H,6,9H2,1-3H3/b5-4+/t10?,13-,14-/m1/s1. The number of carbonyl (C=O) groups excluding carboxylic acids is 1. The molecule has 1 saturated heterocycles. The molecular weight excluding hydrogens is 272 g/mol. The van der Waals surface area contributed by atoms with Crippen LogP contribution in [-0.2, 0) is 14.3 Å². The van der Waals surface area contributed by atoms with Gasteiger partial charge >= 0.3 is 5.69 Å². The topological polar surface area (TPSA) is 70.4 Å². The Labute approximate surface area is 123 Å². The summed E-state index contributed by atoms with van der Waals surface area (Å²) in [5.74, 6) is 0.247. The molecule has 1 aliphatic heterocycles. The van der Waals surface area contributed by atoms with Crippen LogP contribution < -0.4 is 5.69 Å². The molecule has 2 heterocycles. The number of hydrogen-bond donors (Lipinski definition) is 0. The van der Waals surface area contributed by atoms with Gasteiger partial charge in [-0.3, -0.25) is 9.36 Å². The van der Waals surface area contributed by atoms with Crippen LogP contribution in [0.25, 0.3) is 6.08 Å². The number of allylic oxidation sites excluding steroid dienone is 1. The first kappa shape index (κ1) is 15.6. The molecule has 0 bridgehead atoms. The molecule has 0 radical (unpaired) electrons. The summed E-state index contributed by atoms with van der Waals surface area (Å²) in [5.41, 5.74) is 0.335. The fourth-order valence-electron chi connectivity index (χ4n) is 2.36. The second-order valence-electron chi connectivity index (χ2n) is 5.32. The highest BCUT2D eigenvalue weighted by Crippen LogP contribution is 2.32. The molecule has 114 valence electrons. The van der Waals surface area contributed by atoms with Crippen molar-refractivity contribution in [3.63, 3.8) is 0 Å². The molecule has 0 N–H and O–H groups in total. The van der Waals surface area contributed by atoms with E-state index >= 15 is 0 Å². The van der Waals surface area contributed by atoms with Crippen molar-refractivity contribution < 1.29 is 14.3 Å². The third kappa shape index (κ3) is 3.86. The first-order valence-corrected chi connectivity index (χ1v) is 6.92. The van der Waals surface area contributed by atoms with Crippen LogP contribution in [0, 0.1) is 5.92 Å². The molecule has 0 spiro atoms. The van der Waals surface area contributed by atoms with Gasteiger partial charge in [0.1, 0.15) is 6.23 Å². The quantitative estimate of drug-likeness (QED) is 0.768. The van der Waals surface area contributed by atoms with Crippen LogP contribution in [0.3, 0.4) is 0 Å².